The zero-order valence-electron chi connectivity index (χ0n) is 23.8. The fourth-order valence-electron chi connectivity index (χ4n) is 7.39. The third-order valence-corrected chi connectivity index (χ3v) is 10.9. The van der Waals surface area contributed by atoms with Crippen LogP contribution in [0.3, 0.4) is 0 Å². The molecular formula is C32H40N2O5S. The summed E-state index contributed by atoms with van der Waals surface area (Å²) in [5, 5.41) is 12.6. The molecule has 1 spiro atoms. The van der Waals surface area contributed by atoms with E-state index >= 15 is 0 Å². The van der Waals surface area contributed by atoms with Gasteiger partial charge in [0.15, 0.2) is 0 Å². The molecule has 2 unspecified atom stereocenters. The molecule has 40 heavy (non-hydrogen) atoms. The molecule has 2 amide bonds. The average molecular weight is 565 g/mol. The van der Waals surface area contributed by atoms with Crippen LogP contribution in [-0.4, -0.2) is 69.1 Å². The van der Waals surface area contributed by atoms with Crippen molar-refractivity contribution in [3.8, 4) is 0 Å². The van der Waals surface area contributed by atoms with Crippen LogP contribution in [0.25, 0.3) is 10.8 Å². The van der Waals surface area contributed by atoms with Crippen molar-refractivity contribution in [2.75, 3.05) is 24.7 Å². The standard InChI is InChI=1S/C32H40N2O5S/c1-6-16-33(23-13-12-21-10-8-9-11-22(21)18-23)29(37)27-32-15-14-31(5,40-32)26(30(38)39-7-2)25(32)28(36)34(27)24(19-35)17-20(3)4/h6,8-13,18,20,24-27,35H,1,7,14-17,19H2,2-5H3/t24-,25+,26+,27?,31-,32?/m1/s1. The Hall–Kier alpha value is -2.84. The van der Waals surface area contributed by atoms with Crippen LogP contribution in [-0.2, 0) is 19.1 Å². The maximum absolute atomic E-state index is 14.8. The number of hydrogen-bond acceptors (Lipinski definition) is 6. The topological polar surface area (TPSA) is 87.2 Å². The fraction of sp³-hybridized carbons (Fsp3) is 0.531. The average Bonchev–Trinajstić information content (AvgIpc) is 3.50. The van der Waals surface area contributed by atoms with E-state index in [1.54, 1.807) is 34.6 Å². The van der Waals surface area contributed by atoms with E-state index in [2.05, 4.69) is 6.58 Å². The highest BCUT2D eigenvalue weighted by atomic mass is 32.2. The SMILES string of the molecule is C=CCN(C(=O)C1N([C@@H](CO)CC(C)C)C(=O)[C@@H]2[C@@H](C(=O)OCC)[C@@]3(C)CCC12S3)c1ccc2ccccc2c1. The molecule has 2 aromatic carbocycles. The largest absolute Gasteiger partial charge is 0.466 e. The maximum Gasteiger partial charge on any atom is 0.311 e. The number of carbonyl (C=O) groups excluding carboxylic acids is 3. The van der Waals surface area contributed by atoms with Crippen molar-refractivity contribution in [2.45, 2.75) is 68.5 Å². The molecule has 7 nitrogen and oxygen atoms in total. The smallest absolute Gasteiger partial charge is 0.311 e. The summed E-state index contributed by atoms with van der Waals surface area (Å²) >= 11 is 1.62. The number of fused-ring (bicyclic) bond motifs is 2. The van der Waals surface area contributed by atoms with Gasteiger partial charge >= 0.3 is 5.97 Å². The molecular weight excluding hydrogens is 524 g/mol. The number of likely N-dealkylation sites (tertiary alicyclic amines) is 1. The van der Waals surface area contributed by atoms with Gasteiger partial charge in [-0.25, -0.2) is 0 Å². The van der Waals surface area contributed by atoms with Gasteiger partial charge in [-0.2, -0.15) is 0 Å². The lowest BCUT2D eigenvalue weighted by Gasteiger charge is -2.40. The third kappa shape index (κ3) is 4.44. The molecule has 3 aliphatic rings. The summed E-state index contributed by atoms with van der Waals surface area (Å²) in [6.07, 6.45) is 3.61. The van der Waals surface area contributed by atoms with Crippen LogP contribution in [0.2, 0.25) is 0 Å². The summed E-state index contributed by atoms with van der Waals surface area (Å²) in [6, 6.07) is 12.6. The number of anilines is 1. The zero-order valence-corrected chi connectivity index (χ0v) is 24.7. The monoisotopic (exact) mass is 564 g/mol. The van der Waals surface area contributed by atoms with Crippen LogP contribution in [0.15, 0.2) is 55.1 Å². The molecule has 3 fully saturated rings. The minimum Gasteiger partial charge on any atom is -0.466 e. The predicted molar refractivity (Wildman–Crippen MR) is 159 cm³/mol. The van der Waals surface area contributed by atoms with Crippen LogP contribution in [0.4, 0.5) is 5.69 Å². The molecule has 8 heteroatoms. The lowest BCUT2D eigenvalue weighted by Crippen LogP contribution is -2.57. The first-order chi connectivity index (χ1) is 19.1. The molecule has 5 rings (SSSR count). The maximum atomic E-state index is 14.8. The Balaban J connectivity index is 1.64. The summed E-state index contributed by atoms with van der Waals surface area (Å²) in [5.41, 5.74) is 0.728. The Labute approximate surface area is 240 Å². The Morgan fingerprint density at radius 1 is 1.23 bits per heavy atom. The predicted octanol–water partition coefficient (Wildman–Crippen LogP) is 4.81. The van der Waals surface area contributed by atoms with Crippen molar-refractivity contribution < 1.29 is 24.2 Å². The number of rotatable bonds is 10. The summed E-state index contributed by atoms with van der Waals surface area (Å²) in [7, 11) is 0. The molecule has 6 atom stereocenters. The number of esters is 1. The lowest BCUT2D eigenvalue weighted by molar-refractivity contribution is -0.155. The van der Waals surface area contributed by atoms with Gasteiger partial charge in [-0.05, 0) is 61.9 Å². The van der Waals surface area contributed by atoms with E-state index in [9.17, 15) is 19.5 Å². The minimum atomic E-state index is -0.821. The van der Waals surface area contributed by atoms with Gasteiger partial charge in [-0.3, -0.25) is 14.4 Å². The van der Waals surface area contributed by atoms with Gasteiger partial charge in [-0.15, -0.1) is 18.3 Å². The summed E-state index contributed by atoms with van der Waals surface area (Å²) in [6.45, 7) is 12.1. The number of ether oxygens (including phenoxy) is 1. The number of amides is 2. The van der Waals surface area contributed by atoms with Gasteiger partial charge in [0, 0.05) is 17.0 Å². The lowest BCUT2D eigenvalue weighted by atomic mass is 9.66. The molecule has 214 valence electrons. The van der Waals surface area contributed by atoms with Gasteiger partial charge in [-0.1, -0.05) is 50.3 Å². The van der Waals surface area contributed by atoms with Crippen molar-refractivity contribution in [2.24, 2.45) is 17.8 Å². The van der Waals surface area contributed by atoms with Crippen LogP contribution in [0, 0.1) is 17.8 Å². The normalized spacial score (nSPS) is 29.6. The van der Waals surface area contributed by atoms with E-state index < -0.39 is 33.4 Å². The number of nitrogens with zero attached hydrogens (tertiary/aromatic N) is 2. The number of hydrogen-bond donors (Lipinski definition) is 1. The van der Waals surface area contributed by atoms with E-state index in [-0.39, 0.29) is 43.5 Å². The first-order valence-electron chi connectivity index (χ1n) is 14.3. The molecule has 3 heterocycles. The number of aliphatic hydroxyl groups excluding tert-OH is 1. The van der Waals surface area contributed by atoms with Crippen molar-refractivity contribution in [1.82, 2.24) is 4.90 Å². The molecule has 3 aliphatic heterocycles. The molecule has 1 N–H and O–H groups in total. The number of carbonyl (C=O) groups is 3. The Kier molecular flexibility index (Phi) is 7.79. The molecule has 2 aromatic rings. The number of benzene rings is 2. The Bertz CT molecular complexity index is 1330. The van der Waals surface area contributed by atoms with Gasteiger partial charge in [0.05, 0.1) is 35.8 Å². The van der Waals surface area contributed by atoms with Crippen LogP contribution in [0.1, 0.15) is 47.0 Å². The van der Waals surface area contributed by atoms with Crippen molar-refractivity contribution in [3.05, 3.63) is 55.1 Å². The minimum absolute atomic E-state index is 0.200. The summed E-state index contributed by atoms with van der Waals surface area (Å²) in [5.74, 6) is -1.89. The van der Waals surface area contributed by atoms with Crippen molar-refractivity contribution >= 4 is 46.0 Å². The molecule has 2 bridgehead atoms. The van der Waals surface area contributed by atoms with Crippen LogP contribution >= 0.6 is 11.8 Å². The van der Waals surface area contributed by atoms with E-state index in [1.165, 1.54) is 0 Å². The fourth-order valence-corrected chi connectivity index (χ4v) is 9.72. The Morgan fingerprint density at radius 3 is 2.60 bits per heavy atom. The van der Waals surface area contributed by atoms with Crippen LogP contribution in [0.5, 0.6) is 0 Å². The van der Waals surface area contributed by atoms with E-state index in [0.717, 1.165) is 16.5 Å². The van der Waals surface area contributed by atoms with Crippen molar-refractivity contribution in [3.63, 3.8) is 0 Å². The highest BCUT2D eigenvalue weighted by molar-refractivity contribution is 8.02. The van der Waals surface area contributed by atoms with E-state index in [1.807, 2.05) is 63.2 Å². The second-order valence-electron chi connectivity index (χ2n) is 12.0. The zero-order chi connectivity index (χ0) is 28.8. The highest BCUT2D eigenvalue weighted by Gasteiger charge is 2.78. The molecule has 0 saturated carbocycles. The second kappa shape index (κ2) is 10.9. The van der Waals surface area contributed by atoms with Crippen LogP contribution < -0.4 is 4.90 Å². The third-order valence-electron chi connectivity index (χ3n) is 8.96. The molecule has 0 radical (unpaired) electrons. The Morgan fingerprint density at radius 2 is 1.95 bits per heavy atom. The second-order valence-corrected chi connectivity index (χ2v) is 13.9. The molecule has 0 aliphatic carbocycles. The van der Waals surface area contributed by atoms with Gasteiger partial charge in [0.25, 0.3) is 5.91 Å². The van der Waals surface area contributed by atoms with E-state index in [4.69, 9.17) is 4.74 Å². The highest BCUT2D eigenvalue weighted by Crippen LogP contribution is 2.72. The molecule has 3 saturated heterocycles. The summed E-state index contributed by atoms with van der Waals surface area (Å²) < 4.78 is 4.23. The first-order valence-corrected chi connectivity index (χ1v) is 15.1. The van der Waals surface area contributed by atoms with Gasteiger partial charge in [0.1, 0.15) is 6.04 Å². The first kappa shape index (κ1) is 28.7. The van der Waals surface area contributed by atoms with Crippen molar-refractivity contribution in [1.29, 1.82) is 0 Å². The molecule has 0 aromatic heterocycles. The van der Waals surface area contributed by atoms with Gasteiger partial charge in [0.2, 0.25) is 5.91 Å². The number of thioether (sulfide) groups is 1. The van der Waals surface area contributed by atoms with Gasteiger partial charge < -0.3 is 19.6 Å². The summed E-state index contributed by atoms with van der Waals surface area (Å²) in [4.78, 5) is 46.0. The van der Waals surface area contributed by atoms with E-state index in [0.29, 0.717) is 19.3 Å². The quantitative estimate of drug-likeness (QED) is 0.329. The number of aliphatic hydroxyl groups is 1.